The number of piperidine rings is 2. The third-order valence-corrected chi connectivity index (χ3v) is 18.6. The molecule has 2 saturated carbocycles. The first kappa shape index (κ1) is 67.8. The highest BCUT2D eigenvalue weighted by Crippen LogP contribution is 2.36. The lowest BCUT2D eigenvalue weighted by Crippen LogP contribution is -2.45. The number of aliphatic hydroxyl groups excluding tert-OH is 1. The van der Waals surface area contributed by atoms with Gasteiger partial charge in [0.15, 0.2) is 0 Å². The number of fused-ring (bicyclic) bond motifs is 1. The smallest absolute Gasteiger partial charge is 0.321 e. The Balaban J connectivity index is 0.000000192. The van der Waals surface area contributed by atoms with Crippen LogP contribution in [0.3, 0.4) is 0 Å². The Bertz CT molecular complexity index is 2260. The Morgan fingerprint density at radius 1 is 0.561 bits per heavy atom. The van der Waals surface area contributed by atoms with Crippen LogP contribution in [-0.4, -0.2) is 128 Å². The second kappa shape index (κ2) is 40.3. The van der Waals surface area contributed by atoms with E-state index in [0.29, 0.717) is 11.8 Å². The van der Waals surface area contributed by atoms with Crippen molar-refractivity contribution in [3.05, 3.63) is 176 Å². The summed E-state index contributed by atoms with van der Waals surface area (Å²) in [5, 5.41) is 17.0. The number of carboxylic acids is 1. The van der Waals surface area contributed by atoms with E-state index in [0.717, 1.165) is 62.3 Å². The largest absolute Gasteiger partial charge is 0.516 e. The Hall–Kier alpha value is -4.99. The van der Waals surface area contributed by atoms with Gasteiger partial charge in [0.2, 0.25) is 0 Å². The molecule has 4 saturated heterocycles. The average Bonchev–Trinajstić information content (AvgIpc) is 4.51. The fourth-order valence-corrected chi connectivity index (χ4v) is 13.8. The maximum absolute atomic E-state index is 11.8. The second-order valence-corrected chi connectivity index (χ2v) is 24.4. The predicted octanol–water partition coefficient (Wildman–Crippen LogP) is 16.8. The lowest BCUT2D eigenvalue weighted by atomic mass is 9.83. The molecule has 11 rings (SSSR count). The van der Waals surface area contributed by atoms with E-state index in [-0.39, 0.29) is 6.04 Å². The van der Waals surface area contributed by atoms with Crippen molar-refractivity contribution >= 4 is 11.7 Å². The second-order valence-electron chi connectivity index (χ2n) is 24.4. The van der Waals surface area contributed by atoms with Crippen molar-refractivity contribution in [2.24, 2.45) is 23.7 Å². The standard InChI is InChI=1S/C18H25NO2.C18H27N.C15H22N2.C15H23N.C4H6.C2H4O.C2H6/c20-18(21)17(15-9-5-2-6-10-15)19-12-11-16(13-19)14-7-3-1-4-8-14;1-3-7-16(8-4-1)11-13-19-14-12-18(15-19)17-9-5-2-6-10-17;1-16-9-6-13(7-10-16)12-17-11-8-14-4-2-3-5-15(14)17;1-16-12-10-15(11-13-16)9-5-8-14-6-3-2-4-7-14;1-3-4-2;1-2-3;1-2/h1,3-4,7-8,15-17H,2,5-6,9-13H2,(H,20,21);2,5-6,9-10,16,18H,1,3-4,7-8,11-15H2;2-5,13H,6-12H2,1H3;2-4,6-7,15H,5,8-13H2,1H3;3-4H,1-2H2;2-3H,1H2;1-2H3. The summed E-state index contributed by atoms with van der Waals surface area (Å²) in [7, 11) is 4.47. The van der Waals surface area contributed by atoms with E-state index < -0.39 is 5.97 Å². The number of carboxylic acid groups (broad SMARTS) is 1. The highest BCUT2D eigenvalue weighted by atomic mass is 16.4. The summed E-state index contributed by atoms with van der Waals surface area (Å²) in [6.07, 6.45) is 32.0. The zero-order valence-corrected chi connectivity index (χ0v) is 52.0. The Morgan fingerprint density at radius 3 is 1.61 bits per heavy atom. The number of allylic oxidation sites excluding steroid dienone is 2. The number of aliphatic hydroxyl groups is 1. The number of benzene rings is 4. The highest BCUT2D eigenvalue weighted by Gasteiger charge is 2.38. The Morgan fingerprint density at radius 2 is 1.05 bits per heavy atom. The molecule has 4 aromatic rings. The Kier molecular flexibility index (Phi) is 33.3. The summed E-state index contributed by atoms with van der Waals surface area (Å²) in [6.45, 7) is 27.1. The van der Waals surface area contributed by atoms with E-state index in [9.17, 15) is 9.90 Å². The van der Waals surface area contributed by atoms with Crippen LogP contribution in [0.25, 0.3) is 0 Å². The first-order valence-electron chi connectivity index (χ1n) is 32.7. The van der Waals surface area contributed by atoms with Crippen LogP contribution in [0.1, 0.15) is 170 Å². The molecule has 3 atom stereocenters. The van der Waals surface area contributed by atoms with E-state index in [1.54, 1.807) is 23.3 Å². The van der Waals surface area contributed by atoms with Crippen molar-refractivity contribution in [3.8, 4) is 0 Å². The predicted molar refractivity (Wildman–Crippen MR) is 352 cm³/mol. The first-order chi connectivity index (χ1) is 40.2. The zero-order valence-electron chi connectivity index (χ0n) is 52.0. The van der Waals surface area contributed by atoms with Gasteiger partial charge in [-0.15, -0.1) is 0 Å². The summed E-state index contributed by atoms with van der Waals surface area (Å²) < 4.78 is 0. The lowest BCUT2D eigenvalue weighted by Gasteiger charge is -2.33. The van der Waals surface area contributed by atoms with Crippen LogP contribution in [0.2, 0.25) is 0 Å². The molecule has 5 heterocycles. The van der Waals surface area contributed by atoms with Crippen molar-refractivity contribution < 1.29 is 15.0 Å². The summed E-state index contributed by atoms with van der Waals surface area (Å²) in [5.74, 6) is 3.94. The molecule has 2 N–H and O–H groups in total. The van der Waals surface area contributed by atoms with E-state index in [1.807, 2.05) is 19.9 Å². The molecule has 2 aliphatic carbocycles. The van der Waals surface area contributed by atoms with E-state index >= 15 is 0 Å². The van der Waals surface area contributed by atoms with Gasteiger partial charge in [0, 0.05) is 31.9 Å². The minimum atomic E-state index is -0.615. The minimum Gasteiger partial charge on any atom is -0.516 e. The maximum atomic E-state index is 11.8. The van der Waals surface area contributed by atoms with Gasteiger partial charge in [-0.2, -0.15) is 0 Å². The minimum absolute atomic E-state index is 0.265. The number of aliphatic carboxylic acids is 1. The van der Waals surface area contributed by atoms with Gasteiger partial charge in [0.25, 0.3) is 0 Å². The van der Waals surface area contributed by atoms with Gasteiger partial charge in [0.05, 0.1) is 6.26 Å². The molecule has 4 aromatic carbocycles. The van der Waals surface area contributed by atoms with Crippen LogP contribution in [0.15, 0.2) is 153 Å². The average molecular weight is 1120 g/mol. The molecule has 452 valence electrons. The summed E-state index contributed by atoms with van der Waals surface area (Å²) in [5.41, 5.74) is 7.43. The maximum Gasteiger partial charge on any atom is 0.321 e. The normalized spacial score (nSPS) is 21.2. The third kappa shape index (κ3) is 24.7. The number of rotatable bonds is 15. The van der Waals surface area contributed by atoms with Gasteiger partial charge in [-0.3, -0.25) is 9.69 Å². The number of para-hydroxylation sites is 1. The molecular weight excluding hydrogens is 1010 g/mol. The van der Waals surface area contributed by atoms with Gasteiger partial charge in [-0.25, -0.2) is 0 Å². The molecule has 5 aliphatic heterocycles. The van der Waals surface area contributed by atoms with E-state index in [4.69, 9.17) is 5.11 Å². The molecule has 8 nitrogen and oxygen atoms in total. The summed E-state index contributed by atoms with van der Waals surface area (Å²) >= 11 is 0. The lowest BCUT2D eigenvalue weighted by molar-refractivity contribution is -0.145. The monoisotopic (exact) mass is 1120 g/mol. The van der Waals surface area contributed by atoms with Crippen LogP contribution >= 0.6 is 0 Å². The van der Waals surface area contributed by atoms with Gasteiger partial charge >= 0.3 is 5.97 Å². The highest BCUT2D eigenvalue weighted by molar-refractivity contribution is 5.74. The fraction of sp³-hybridized carbons (Fsp3) is 0.581. The zero-order chi connectivity index (χ0) is 58.6. The quantitative estimate of drug-likeness (QED) is 0.0901. The van der Waals surface area contributed by atoms with Gasteiger partial charge in [-0.05, 0) is 201 Å². The summed E-state index contributed by atoms with van der Waals surface area (Å²) in [6, 6.07) is 41.1. The van der Waals surface area contributed by atoms with Crippen LogP contribution in [-0.2, 0) is 17.6 Å². The van der Waals surface area contributed by atoms with E-state index in [2.05, 4.69) is 168 Å². The molecule has 82 heavy (non-hydrogen) atoms. The van der Waals surface area contributed by atoms with Crippen molar-refractivity contribution in [2.75, 3.05) is 91.0 Å². The number of aryl methyl sites for hydroxylation is 1. The number of carbonyl (C=O) groups is 1. The molecule has 0 bridgehead atoms. The van der Waals surface area contributed by atoms with Crippen LogP contribution < -0.4 is 4.90 Å². The molecule has 8 heteroatoms. The van der Waals surface area contributed by atoms with Crippen LogP contribution in [0.4, 0.5) is 5.69 Å². The molecule has 6 fully saturated rings. The number of hydrogen-bond acceptors (Lipinski definition) is 7. The van der Waals surface area contributed by atoms with Crippen LogP contribution in [0.5, 0.6) is 0 Å². The van der Waals surface area contributed by atoms with Gasteiger partial charge < -0.3 is 29.8 Å². The number of likely N-dealkylation sites (tertiary alicyclic amines) is 4. The van der Waals surface area contributed by atoms with Crippen molar-refractivity contribution in [1.82, 2.24) is 19.6 Å². The molecule has 0 spiro atoms. The molecule has 0 radical (unpaired) electrons. The van der Waals surface area contributed by atoms with Gasteiger partial charge in [-0.1, -0.05) is 213 Å². The number of nitrogens with zero attached hydrogens (tertiary/aromatic N) is 5. The topological polar surface area (TPSA) is 73.7 Å². The molecule has 0 amide bonds. The Labute approximate surface area is 500 Å². The summed E-state index contributed by atoms with van der Waals surface area (Å²) in [4.78, 5) is 24.2. The van der Waals surface area contributed by atoms with Gasteiger partial charge in [0.1, 0.15) is 6.04 Å². The van der Waals surface area contributed by atoms with Crippen molar-refractivity contribution in [1.29, 1.82) is 0 Å². The van der Waals surface area contributed by atoms with E-state index in [1.165, 1.54) is 191 Å². The third-order valence-electron chi connectivity index (χ3n) is 18.6. The molecule has 3 unspecified atom stereocenters. The van der Waals surface area contributed by atoms with Crippen LogP contribution in [0, 0.1) is 23.7 Å². The number of anilines is 1. The first-order valence-corrected chi connectivity index (χ1v) is 32.7. The number of hydrogen-bond donors (Lipinski definition) is 2. The van der Waals surface area contributed by atoms with Crippen molar-refractivity contribution in [2.45, 2.75) is 167 Å². The molecule has 0 aromatic heterocycles. The fourth-order valence-electron chi connectivity index (χ4n) is 13.8. The van der Waals surface area contributed by atoms with Crippen molar-refractivity contribution in [3.63, 3.8) is 0 Å². The molecule has 7 aliphatic rings. The SMILES string of the molecule is C=CC=C.C=CO.CC.CN1CCC(CCCc2ccccc2)CC1.CN1CCC(CN2CCc3ccccc32)CC1.O=C(O)C(C1CCCCC1)N1CCC(c2ccccc2)C1.c1ccc(C2CCN(CCC3CCCCC3)C2)cc1. The molecular formula is C74H113N5O3.